The Morgan fingerprint density at radius 2 is 1.09 bits per heavy atom. The van der Waals surface area contributed by atoms with Crippen molar-refractivity contribution in [2.45, 2.75) is 78.2 Å². The van der Waals surface area contributed by atoms with Crippen LogP contribution in [0.25, 0.3) is 10.2 Å². The first-order chi connectivity index (χ1) is 27.6. The maximum Gasteiger partial charge on any atom is 0.314 e. The molecule has 11 heteroatoms. The predicted octanol–water partition coefficient (Wildman–Crippen LogP) is 9.81. The molecule has 10 nitrogen and oxygen atoms in total. The number of rotatable bonds is 11. The van der Waals surface area contributed by atoms with Crippen molar-refractivity contribution in [2.75, 3.05) is 0 Å². The van der Waals surface area contributed by atoms with Crippen LogP contribution in [0.2, 0.25) is 0 Å². The minimum Gasteiger partial charge on any atom is -0.426 e. The molecule has 0 amide bonds. The lowest BCUT2D eigenvalue weighted by molar-refractivity contribution is -0.145. The lowest BCUT2D eigenvalue weighted by Gasteiger charge is -2.26. The van der Waals surface area contributed by atoms with E-state index in [0.29, 0.717) is 85.6 Å². The molecular formula is C46H46N2O8S. The van der Waals surface area contributed by atoms with Crippen LogP contribution in [0, 0.1) is 30.6 Å². The minimum absolute atomic E-state index is 0.283. The van der Waals surface area contributed by atoms with Gasteiger partial charge < -0.3 is 18.9 Å². The van der Waals surface area contributed by atoms with E-state index in [1.807, 2.05) is 75.4 Å². The minimum atomic E-state index is -0.389. The number of aryl methyl sites for hydroxylation is 1. The fraction of sp³-hybridized carbons (Fsp3) is 0.348. The number of para-hydroxylation sites is 2. The molecule has 2 aliphatic carbocycles. The molecule has 4 aromatic carbocycles. The zero-order valence-electron chi connectivity index (χ0n) is 32.3. The molecule has 0 radical (unpaired) electrons. The number of carbonyl (C=O) groups excluding carboxylic acids is 4. The fourth-order valence-electron chi connectivity index (χ4n) is 7.44. The Kier molecular flexibility index (Phi) is 12.5. The summed E-state index contributed by atoms with van der Waals surface area (Å²) in [5.74, 6) is -1.06. The van der Waals surface area contributed by atoms with Gasteiger partial charge in [-0.05, 0) is 127 Å². The van der Waals surface area contributed by atoms with Gasteiger partial charge in [0.2, 0.25) is 0 Å². The van der Waals surface area contributed by atoms with Crippen molar-refractivity contribution in [3.63, 3.8) is 0 Å². The Morgan fingerprint density at radius 3 is 1.65 bits per heavy atom. The summed E-state index contributed by atoms with van der Waals surface area (Å²) in [7, 11) is 0. The summed E-state index contributed by atoms with van der Waals surface area (Å²) in [6.45, 7) is 5.77. The van der Waals surface area contributed by atoms with E-state index in [4.69, 9.17) is 28.9 Å². The SMILES string of the molecule is CC(=NC(C)c1nc2ccccc2s1)c1cc(OC(=O)C2CCC(C(=O)Oc3ccc(C)cc3)CC2)ccc1OC(=O)C1CCC(C(=O)Oc2ccccc2)CC1. The molecule has 1 atom stereocenters. The summed E-state index contributed by atoms with van der Waals surface area (Å²) >= 11 is 1.57. The van der Waals surface area contributed by atoms with Crippen molar-refractivity contribution in [1.82, 2.24) is 4.98 Å². The molecule has 7 rings (SSSR count). The average molecular weight is 787 g/mol. The number of benzene rings is 4. The number of esters is 4. The van der Waals surface area contributed by atoms with Crippen molar-refractivity contribution in [3.8, 4) is 23.0 Å². The summed E-state index contributed by atoms with van der Waals surface area (Å²) in [6.07, 6.45) is 4.07. The van der Waals surface area contributed by atoms with Gasteiger partial charge in [0.1, 0.15) is 28.0 Å². The van der Waals surface area contributed by atoms with Gasteiger partial charge in [-0.25, -0.2) is 4.98 Å². The molecular weight excluding hydrogens is 741 g/mol. The van der Waals surface area contributed by atoms with Gasteiger partial charge in [0.05, 0.1) is 39.9 Å². The Morgan fingerprint density at radius 1 is 0.614 bits per heavy atom. The number of fused-ring (bicyclic) bond motifs is 1. The lowest BCUT2D eigenvalue weighted by atomic mass is 9.82. The van der Waals surface area contributed by atoms with Crippen LogP contribution in [0.5, 0.6) is 23.0 Å². The molecule has 1 unspecified atom stereocenters. The number of ether oxygens (including phenoxy) is 4. The number of hydrogen-bond acceptors (Lipinski definition) is 11. The monoisotopic (exact) mass is 786 g/mol. The van der Waals surface area contributed by atoms with Gasteiger partial charge in [-0.15, -0.1) is 11.3 Å². The Bertz CT molecular complexity index is 2220. The van der Waals surface area contributed by atoms with Gasteiger partial charge in [0.25, 0.3) is 0 Å². The average Bonchev–Trinajstić information content (AvgIpc) is 3.67. The smallest absolute Gasteiger partial charge is 0.314 e. The van der Waals surface area contributed by atoms with E-state index in [0.717, 1.165) is 20.8 Å². The molecule has 1 heterocycles. The van der Waals surface area contributed by atoms with Gasteiger partial charge >= 0.3 is 23.9 Å². The zero-order valence-corrected chi connectivity index (χ0v) is 33.2. The number of nitrogens with zero attached hydrogens (tertiary/aromatic N) is 2. The van der Waals surface area contributed by atoms with Crippen molar-refractivity contribution < 1.29 is 38.1 Å². The van der Waals surface area contributed by atoms with Crippen LogP contribution in [0.3, 0.4) is 0 Å². The highest BCUT2D eigenvalue weighted by atomic mass is 32.1. The molecule has 294 valence electrons. The summed E-state index contributed by atoms with van der Waals surface area (Å²) in [5.41, 5.74) is 3.09. The van der Waals surface area contributed by atoms with Crippen LogP contribution in [0.1, 0.15) is 87.4 Å². The third-order valence-corrected chi connectivity index (χ3v) is 12.0. The summed E-state index contributed by atoms with van der Waals surface area (Å²) < 4.78 is 24.2. The quantitative estimate of drug-likeness (QED) is 0.0730. The molecule has 57 heavy (non-hydrogen) atoms. The highest BCUT2D eigenvalue weighted by molar-refractivity contribution is 7.18. The fourth-order valence-corrected chi connectivity index (χ4v) is 8.40. The third kappa shape index (κ3) is 10.0. The van der Waals surface area contributed by atoms with Crippen molar-refractivity contribution in [1.29, 1.82) is 0 Å². The normalized spacial score (nSPS) is 20.3. The molecule has 0 saturated heterocycles. The first-order valence-corrected chi connectivity index (χ1v) is 20.4. The van der Waals surface area contributed by atoms with E-state index < -0.39 is 0 Å². The summed E-state index contributed by atoms with van der Waals surface area (Å²) in [5, 5.41) is 0.845. The lowest BCUT2D eigenvalue weighted by Crippen LogP contribution is -2.31. The van der Waals surface area contributed by atoms with Gasteiger partial charge in [-0.3, -0.25) is 24.2 Å². The Labute approximate surface area is 336 Å². The van der Waals surface area contributed by atoms with Crippen LogP contribution >= 0.6 is 11.3 Å². The molecule has 2 fully saturated rings. The molecule has 0 bridgehead atoms. The van der Waals surface area contributed by atoms with E-state index >= 15 is 0 Å². The maximum absolute atomic E-state index is 13.6. The van der Waals surface area contributed by atoms with E-state index in [2.05, 4.69) is 0 Å². The van der Waals surface area contributed by atoms with E-state index in [1.54, 1.807) is 53.8 Å². The highest BCUT2D eigenvalue weighted by Crippen LogP contribution is 2.36. The van der Waals surface area contributed by atoms with Crippen molar-refractivity contribution >= 4 is 51.1 Å². The topological polar surface area (TPSA) is 130 Å². The first-order valence-electron chi connectivity index (χ1n) is 19.6. The van der Waals surface area contributed by atoms with Crippen molar-refractivity contribution in [2.24, 2.45) is 28.7 Å². The number of aromatic nitrogens is 1. The van der Waals surface area contributed by atoms with E-state index in [9.17, 15) is 19.2 Å². The molecule has 0 spiro atoms. The summed E-state index contributed by atoms with van der Waals surface area (Å²) in [4.78, 5) is 62.4. The van der Waals surface area contributed by atoms with Crippen molar-refractivity contribution in [3.05, 3.63) is 113 Å². The predicted molar refractivity (Wildman–Crippen MR) is 218 cm³/mol. The molecule has 2 saturated carbocycles. The van der Waals surface area contributed by atoms with Crippen LogP contribution < -0.4 is 18.9 Å². The standard InChI is InChI=1S/C46H46N2O8S/c1-28-13-23-36(24-14-28)54-44(50)32-15-17-33(18-16-32)45(51)55-37-25-26-40(38(27-37)29(2)47-30(3)42-48-39-11-7-8-12-41(39)57-42)56-46(52)34-21-19-31(20-22-34)43(49)53-35-9-5-4-6-10-35/h4-14,23-27,30-34H,15-22H2,1-3H3. The van der Waals surface area contributed by atoms with Gasteiger partial charge in [-0.2, -0.15) is 0 Å². The van der Waals surface area contributed by atoms with Crippen LogP contribution in [-0.4, -0.2) is 34.6 Å². The Hall–Kier alpha value is -5.68. The van der Waals surface area contributed by atoms with Gasteiger partial charge in [0, 0.05) is 11.3 Å². The molecule has 0 aliphatic heterocycles. The van der Waals surface area contributed by atoms with E-state index in [1.165, 1.54) is 0 Å². The second-order valence-electron chi connectivity index (χ2n) is 15.0. The Balaban J connectivity index is 1.02. The molecule has 5 aromatic rings. The second kappa shape index (κ2) is 18.1. The number of aliphatic imine (C=N–C) groups is 1. The molecule has 0 N–H and O–H groups in total. The second-order valence-corrected chi connectivity index (χ2v) is 16.0. The maximum atomic E-state index is 13.6. The zero-order chi connectivity index (χ0) is 39.9. The van der Waals surface area contributed by atoms with Crippen LogP contribution in [0.15, 0.2) is 102 Å². The van der Waals surface area contributed by atoms with E-state index in [-0.39, 0.29) is 53.6 Å². The van der Waals surface area contributed by atoms with Gasteiger partial charge in [-0.1, -0.05) is 48.0 Å². The number of carbonyl (C=O) groups is 4. The van der Waals surface area contributed by atoms with Crippen LogP contribution in [0.4, 0.5) is 0 Å². The first kappa shape index (κ1) is 39.6. The number of thiazole rings is 1. The number of hydrogen-bond donors (Lipinski definition) is 0. The summed E-state index contributed by atoms with van der Waals surface area (Å²) in [6, 6.07) is 28.9. The molecule has 2 aliphatic rings. The largest absolute Gasteiger partial charge is 0.426 e. The molecule has 1 aromatic heterocycles. The third-order valence-electron chi connectivity index (χ3n) is 10.8. The van der Waals surface area contributed by atoms with Gasteiger partial charge in [0.15, 0.2) is 0 Å². The highest BCUT2D eigenvalue weighted by Gasteiger charge is 2.34. The van der Waals surface area contributed by atoms with Crippen LogP contribution in [-0.2, 0) is 19.2 Å².